The van der Waals surface area contributed by atoms with Gasteiger partial charge in [-0.25, -0.2) is 9.18 Å². The van der Waals surface area contributed by atoms with Crippen molar-refractivity contribution >= 4 is 11.7 Å². The Kier molecular flexibility index (Phi) is 2.71. The Balaban J connectivity index is 1.89. The van der Waals surface area contributed by atoms with Gasteiger partial charge in [-0.1, -0.05) is 18.2 Å². The lowest BCUT2D eigenvalue weighted by Crippen LogP contribution is -2.02. The molecule has 0 saturated carbocycles. The van der Waals surface area contributed by atoms with E-state index in [2.05, 4.69) is 0 Å². The molecule has 2 aromatic rings. The van der Waals surface area contributed by atoms with Crippen LogP contribution in [0, 0.1) is 5.82 Å². The fraction of sp³-hybridized carbons (Fsp3) is 0.133. The molecule has 1 heterocycles. The predicted octanol–water partition coefficient (Wildman–Crippen LogP) is 2.86. The Labute approximate surface area is 109 Å². The van der Waals surface area contributed by atoms with Gasteiger partial charge < -0.3 is 10.5 Å². The van der Waals surface area contributed by atoms with Gasteiger partial charge in [0.15, 0.2) is 0 Å². The summed E-state index contributed by atoms with van der Waals surface area (Å²) in [6.45, 7) is 0. The fourth-order valence-corrected chi connectivity index (χ4v) is 2.27. The number of nitrogen functional groups attached to an aromatic ring is 1. The minimum Gasteiger partial charge on any atom is -0.454 e. The number of nitrogens with two attached hydrogens (primary N) is 1. The second kappa shape index (κ2) is 4.39. The number of fused-ring (bicyclic) bond motifs is 1. The third-order valence-corrected chi connectivity index (χ3v) is 3.23. The molecule has 0 saturated heterocycles. The normalized spacial score (nSPS) is 17.1. The quantitative estimate of drug-likeness (QED) is 0.664. The molecule has 1 aliphatic rings. The Morgan fingerprint density at radius 2 is 1.89 bits per heavy atom. The highest BCUT2D eigenvalue weighted by Crippen LogP contribution is 2.34. The SMILES string of the molecule is Nc1ccc2c(c1)C(=O)OC2Cc1ccc(F)cc1. The van der Waals surface area contributed by atoms with Gasteiger partial charge in [-0.2, -0.15) is 0 Å². The molecule has 1 unspecified atom stereocenters. The number of ether oxygens (including phenoxy) is 1. The van der Waals surface area contributed by atoms with Crippen molar-refractivity contribution < 1.29 is 13.9 Å². The van der Waals surface area contributed by atoms with E-state index in [1.807, 2.05) is 6.07 Å². The fourth-order valence-electron chi connectivity index (χ4n) is 2.27. The van der Waals surface area contributed by atoms with Gasteiger partial charge in [0.1, 0.15) is 11.9 Å². The summed E-state index contributed by atoms with van der Waals surface area (Å²) in [5.74, 6) is -0.630. The van der Waals surface area contributed by atoms with E-state index in [-0.39, 0.29) is 17.9 Å². The molecule has 2 N–H and O–H groups in total. The summed E-state index contributed by atoms with van der Waals surface area (Å²) >= 11 is 0. The van der Waals surface area contributed by atoms with Crippen molar-refractivity contribution in [3.05, 3.63) is 65.0 Å². The minimum atomic E-state index is -0.352. The Morgan fingerprint density at radius 1 is 1.16 bits per heavy atom. The van der Waals surface area contributed by atoms with Gasteiger partial charge in [-0.3, -0.25) is 0 Å². The molecule has 96 valence electrons. The van der Waals surface area contributed by atoms with Crippen LogP contribution in [0.3, 0.4) is 0 Å². The van der Waals surface area contributed by atoms with Crippen molar-refractivity contribution in [2.24, 2.45) is 0 Å². The van der Waals surface area contributed by atoms with Crippen LogP contribution in [-0.2, 0) is 11.2 Å². The molecule has 4 heteroatoms. The monoisotopic (exact) mass is 257 g/mol. The lowest BCUT2D eigenvalue weighted by Gasteiger charge is -2.10. The van der Waals surface area contributed by atoms with E-state index in [0.29, 0.717) is 17.7 Å². The first-order valence-corrected chi connectivity index (χ1v) is 5.98. The average molecular weight is 257 g/mol. The van der Waals surface area contributed by atoms with Crippen LogP contribution in [0.2, 0.25) is 0 Å². The lowest BCUT2D eigenvalue weighted by atomic mass is 9.99. The Hall–Kier alpha value is -2.36. The molecule has 0 spiro atoms. The molecule has 3 rings (SSSR count). The number of esters is 1. The third kappa shape index (κ3) is 2.17. The predicted molar refractivity (Wildman–Crippen MR) is 69.1 cm³/mol. The van der Waals surface area contributed by atoms with Gasteiger partial charge in [0, 0.05) is 17.7 Å². The average Bonchev–Trinajstić information content (AvgIpc) is 2.69. The van der Waals surface area contributed by atoms with Crippen molar-refractivity contribution in [1.29, 1.82) is 0 Å². The zero-order chi connectivity index (χ0) is 13.4. The molecular formula is C15H12FNO2. The topological polar surface area (TPSA) is 52.3 Å². The molecule has 3 nitrogen and oxygen atoms in total. The molecule has 2 aromatic carbocycles. The van der Waals surface area contributed by atoms with Crippen LogP contribution in [0.25, 0.3) is 0 Å². The van der Waals surface area contributed by atoms with E-state index in [1.165, 1.54) is 12.1 Å². The van der Waals surface area contributed by atoms with Crippen molar-refractivity contribution in [3.8, 4) is 0 Å². The third-order valence-electron chi connectivity index (χ3n) is 3.23. The molecule has 0 fully saturated rings. The highest BCUT2D eigenvalue weighted by atomic mass is 19.1. The molecule has 0 bridgehead atoms. The number of carbonyl (C=O) groups is 1. The molecule has 19 heavy (non-hydrogen) atoms. The number of rotatable bonds is 2. The van der Waals surface area contributed by atoms with E-state index >= 15 is 0 Å². The highest BCUT2D eigenvalue weighted by molar-refractivity contribution is 5.95. The van der Waals surface area contributed by atoms with E-state index in [9.17, 15) is 9.18 Å². The summed E-state index contributed by atoms with van der Waals surface area (Å²) in [4.78, 5) is 11.7. The summed E-state index contributed by atoms with van der Waals surface area (Å²) in [7, 11) is 0. The number of halogens is 1. The van der Waals surface area contributed by atoms with Crippen molar-refractivity contribution in [2.45, 2.75) is 12.5 Å². The maximum Gasteiger partial charge on any atom is 0.339 e. The zero-order valence-electron chi connectivity index (χ0n) is 10.1. The van der Waals surface area contributed by atoms with Crippen LogP contribution in [0.15, 0.2) is 42.5 Å². The lowest BCUT2D eigenvalue weighted by molar-refractivity contribution is 0.0387. The van der Waals surface area contributed by atoms with E-state index < -0.39 is 0 Å². The van der Waals surface area contributed by atoms with Gasteiger partial charge in [0.05, 0.1) is 5.56 Å². The van der Waals surface area contributed by atoms with Gasteiger partial charge >= 0.3 is 5.97 Å². The molecule has 0 amide bonds. The van der Waals surface area contributed by atoms with Crippen LogP contribution in [0.5, 0.6) is 0 Å². The Bertz CT molecular complexity index is 637. The number of hydrogen-bond acceptors (Lipinski definition) is 3. The molecule has 1 aliphatic heterocycles. The first-order valence-electron chi connectivity index (χ1n) is 5.98. The molecule has 0 aromatic heterocycles. The van der Waals surface area contributed by atoms with E-state index in [0.717, 1.165) is 11.1 Å². The summed E-state index contributed by atoms with van der Waals surface area (Å²) in [5, 5.41) is 0. The summed E-state index contributed by atoms with van der Waals surface area (Å²) in [6.07, 6.45) is 0.205. The van der Waals surface area contributed by atoms with Gasteiger partial charge in [0.2, 0.25) is 0 Å². The number of carbonyl (C=O) groups excluding carboxylic acids is 1. The molecule has 0 aliphatic carbocycles. The number of benzene rings is 2. The largest absolute Gasteiger partial charge is 0.454 e. The standard InChI is InChI=1S/C15H12FNO2/c16-10-3-1-9(2-4-10)7-14-12-6-5-11(17)8-13(12)15(18)19-14/h1-6,8,14H,7,17H2. The van der Waals surface area contributed by atoms with E-state index in [1.54, 1.807) is 24.3 Å². The van der Waals surface area contributed by atoms with Crippen LogP contribution in [0.4, 0.5) is 10.1 Å². The summed E-state index contributed by atoms with van der Waals surface area (Å²) in [6, 6.07) is 11.4. The van der Waals surface area contributed by atoms with Gasteiger partial charge in [-0.15, -0.1) is 0 Å². The first kappa shape index (κ1) is 11.7. The zero-order valence-corrected chi connectivity index (χ0v) is 10.1. The molecule has 0 radical (unpaired) electrons. The van der Waals surface area contributed by atoms with Crippen LogP contribution in [-0.4, -0.2) is 5.97 Å². The molecule has 1 atom stereocenters. The van der Waals surface area contributed by atoms with Crippen molar-refractivity contribution in [1.82, 2.24) is 0 Å². The van der Waals surface area contributed by atoms with Crippen LogP contribution < -0.4 is 5.73 Å². The van der Waals surface area contributed by atoms with Crippen molar-refractivity contribution in [3.63, 3.8) is 0 Å². The number of anilines is 1. The molecular weight excluding hydrogens is 245 g/mol. The maximum atomic E-state index is 12.8. The van der Waals surface area contributed by atoms with Crippen LogP contribution in [0.1, 0.15) is 27.6 Å². The smallest absolute Gasteiger partial charge is 0.339 e. The summed E-state index contributed by atoms with van der Waals surface area (Å²) in [5.41, 5.74) is 8.48. The van der Waals surface area contributed by atoms with Gasteiger partial charge in [0.25, 0.3) is 0 Å². The summed E-state index contributed by atoms with van der Waals surface area (Å²) < 4.78 is 18.2. The number of cyclic esters (lactones) is 1. The van der Waals surface area contributed by atoms with Gasteiger partial charge in [-0.05, 0) is 29.8 Å². The second-order valence-electron chi connectivity index (χ2n) is 4.57. The number of hydrogen-bond donors (Lipinski definition) is 1. The minimum absolute atomic E-state index is 0.277. The Morgan fingerprint density at radius 3 is 2.63 bits per heavy atom. The van der Waals surface area contributed by atoms with E-state index in [4.69, 9.17) is 10.5 Å². The van der Waals surface area contributed by atoms with Crippen molar-refractivity contribution in [2.75, 3.05) is 5.73 Å². The first-order chi connectivity index (χ1) is 9.13. The highest BCUT2D eigenvalue weighted by Gasteiger charge is 2.30. The second-order valence-corrected chi connectivity index (χ2v) is 4.57. The van der Waals surface area contributed by atoms with Crippen LogP contribution >= 0.6 is 0 Å². The maximum absolute atomic E-state index is 12.8.